The number of carboxylic acid groups (broad SMARTS) is 1. The highest BCUT2D eigenvalue weighted by atomic mass is 79.9. The first kappa shape index (κ1) is 15.8. The lowest BCUT2D eigenvalue weighted by atomic mass is 10.2. The van der Waals surface area contributed by atoms with Crippen LogP contribution in [0.4, 0.5) is 24.0 Å². The number of aliphatic carboxylic acids is 1. The first-order chi connectivity index (χ1) is 9.75. The lowest BCUT2D eigenvalue weighted by Crippen LogP contribution is -2.05. The van der Waals surface area contributed by atoms with Crippen LogP contribution in [0.15, 0.2) is 28.1 Å². The standard InChI is InChI=1S/C12H8BrF3N2O2S/c13-8-2-1-6(12(14,15)16)3-9(8)18-11-17-7(5-21-11)4-10(19)20/h1-3,5H,4H2,(H,17,18)(H,19,20). The molecule has 0 unspecified atom stereocenters. The monoisotopic (exact) mass is 380 g/mol. The highest BCUT2D eigenvalue weighted by Crippen LogP contribution is 2.35. The van der Waals surface area contributed by atoms with Gasteiger partial charge in [0, 0.05) is 9.85 Å². The van der Waals surface area contributed by atoms with Gasteiger partial charge in [-0.1, -0.05) is 0 Å². The number of benzene rings is 1. The molecule has 0 bridgehead atoms. The molecule has 2 N–H and O–H groups in total. The van der Waals surface area contributed by atoms with Crippen LogP contribution in [0.3, 0.4) is 0 Å². The summed E-state index contributed by atoms with van der Waals surface area (Å²) in [5.41, 5.74) is -0.227. The molecular formula is C12H8BrF3N2O2S. The third kappa shape index (κ3) is 4.18. The summed E-state index contributed by atoms with van der Waals surface area (Å²) in [5.74, 6) is -1.02. The van der Waals surface area contributed by atoms with E-state index in [1.807, 2.05) is 0 Å². The zero-order chi connectivity index (χ0) is 15.6. The van der Waals surface area contributed by atoms with Gasteiger partial charge in [-0.3, -0.25) is 4.79 Å². The normalized spacial score (nSPS) is 11.4. The molecule has 9 heteroatoms. The summed E-state index contributed by atoms with van der Waals surface area (Å²) < 4.78 is 38.4. The number of nitrogens with one attached hydrogen (secondary N) is 1. The van der Waals surface area contributed by atoms with Gasteiger partial charge in [0.2, 0.25) is 0 Å². The molecule has 0 spiro atoms. The van der Waals surface area contributed by atoms with Crippen LogP contribution in [0.1, 0.15) is 11.3 Å². The predicted molar refractivity (Wildman–Crippen MR) is 75.9 cm³/mol. The van der Waals surface area contributed by atoms with E-state index in [9.17, 15) is 18.0 Å². The van der Waals surface area contributed by atoms with Crippen LogP contribution in [0.2, 0.25) is 0 Å². The summed E-state index contributed by atoms with van der Waals surface area (Å²) in [7, 11) is 0. The summed E-state index contributed by atoms with van der Waals surface area (Å²) in [4.78, 5) is 14.6. The van der Waals surface area contributed by atoms with Crippen molar-refractivity contribution in [3.63, 3.8) is 0 Å². The minimum Gasteiger partial charge on any atom is -0.481 e. The molecule has 0 aliphatic heterocycles. The Kier molecular flexibility index (Phi) is 4.52. The molecule has 0 saturated carbocycles. The summed E-state index contributed by atoms with van der Waals surface area (Å²) in [6.07, 6.45) is -4.67. The summed E-state index contributed by atoms with van der Waals surface area (Å²) in [5, 5.41) is 13.3. The molecule has 1 aromatic carbocycles. The lowest BCUT2D eigenvalue weighted by Gasteiger charge is -2.11. The van der Waals surface area contributed by atoms with Crippen LogP contribution in [0.5, 0.6) is 0 Å². The van der Waals surface area contributed by atoms with E-state index in [2.05, 4.69) is 26.2 Å². The molecule has 0 aliphatic carbocycles. The van der Waals surface area contributed by atoms with Crippen LogP contribution in [0, 0.1) is 0 Å². The fraction of sp³-hybridized carbons (Fsp3) is 0.167. The van der Waals surface area contributed by atoms with Crippen molar-refractivity contribution in [3.05, 3.63) is 39.3 Å². The molecule has 21 heavy (non-hydrogen) atoms. The SMILES string of the molecule is O=C(O)Cc1csc(Nc2cc(C(F)(F)F)ccc2Br)n1. The number of aromatic nitrogens is 1. The van der Waals surface area contributed by atoms with Crippen LogP contribution < -0.4 is 5.32 Å². The highest BCUT2D eigenvalue weighted by molar-refractivity contribution is 9.10. The molecule has 0 radical (unpaired) electrons. The van der Waals surface area contributed by atoms with Crippen molar-refractivity contribution in [2.24, 2.45) is 0 Å². The third-order valence-corrected chi connectivity index (χ3v) is 3.92. The van der Waals surface area contributed by atoms with E-state index in [0.717, 1.165) is 23.5 Å². The lowest BCUT2D eigenvalue weighted by molar-refractivity contribution is -0.138. The number of halogens is 4. The zero-order valence-electron chi connectivity index (χ0n) is 10.2. The molecule has 0 aliphatic rings. The zero-order valence-corrected chi connectivity index (χ0v) is 12.6. The quantitative estimate of drug-likeness (QED) is 0.830. The van der Waals surface area contributed by atoms with Gasteiger partial charge in [0.1, 0.15) is 0 Å². The number of carbonyl (C=O) groups is 1. The number of rotatable bonds is 4. The first-order valence-corrected chi connectivity index (χ1v) is 7.23. The van der Waals surface area contributed by atoms with Gasteiger partial charge in [-0.05, 0) is 34.1 Å². The summed E-state index contributed by atoms with van der Waals surface area (Å²) in [6, 6.07) is 3.21. The highest BCUT2D eigenvalue weighted by Gasteiger charge is 2.31. The van der Waals surface area contributed by atoms with Gasteiger partial charge >= 0.3 is 12.1 Å². The Morgan fingerprint density at radius 3 is 2.76 bits per heavy atom. The fourth-order valence-corrected chi connectivity index (χ4v) is 2.58. The Morgan fingerprint density at radius 1 is 1.43 bits per heavy atom. The average molecular weight is 381 g/mol. The van der Waals surface area contributed by atoms with E-state index in [1.165, 1.54) is 11.4 Å². The van der Waals surface area contributed by atoms with Crippen molar-refractivity contribution >= 4 is 44.1 Å². The van der Waals surface area contributed by atoms with Crippen molar-refractivity contribution in [3.8, 4) is 0 Å². The van der Waals surface area contributed by atoms with Crippen LogP contribution in [0.25, 0.3) is 0 Å². The maximum atomic E-state index is 12.7. The minimum atomic E-state index is -4.44. The van der Waals surface area contributed by atoms with Gasteiger partial charge in [-0.25, -0.2) is 4.98 Å². The van der Waals surface area contributed by atoms with E-state index >= 15 is 0 Å². The predicted octanol–water partition coefficient (Wildman–Crippen LogP) is 4.30. The molecule has 0 atom stereocenters. The third-order valence-electron chi connectivity index (χ3n) is 2.42. The Morgan fingerprint density at radius 2 is 2.14 bits per heavy atom. The molecule has 0 fully saturated rings. The molecular weight excluding hydrogens is 373 g/mol. The molecule has 2 aromatic rings. The van der Waals surface area contributed by atoms with Crippen LogP contribution in [-0.2, 0) is 17.4 Å². The number of carboxylic acids is 1. The number of hydrogen-bond acceptors (Lipinski definition) is 4. The van der Waals surface area contributed by atoms with Crippen molar-refractivity contribution in [1.82, 2.24) is 4.98 Å². The maximum absolute atomic E-state index is 12.7. The van der Waals surface area contributed by atoms with E-state index in [1.54, 1.807) is 0 Å². The van der Waals surface area contributed by atoms with Gasteiger partial charge in [-0.2, -0.15) is 13.2 Å². The smallest absolute Gasteiger partial charge is 0.416 e. The summed E-state index contributed by atoms with van der Waals surface area (Å²) in [6.45, 7) is 0. The second-order valence-electron chi connectivity index (χ2n) is 4.03. The number of alkyl halides is 3. The Hall–Kier alpha value is -1.61. The largest absolute Gasteiger partial charge is 0.481 e. The number of thiazole rings is 1. The van der Waals surface area contributed by atoms with Gasteiger partial charge in [-0.15, -0.1) is 11.3 Å². The van der Waals surface area contributed by atoms with Crippen molar-refractivity contribution in [1.29, 1.82) is 0 Å². The molecule has 0 amide bonds. The number of hydrogen-bond donors (Lipinski definition) is 2. The van der Waals surface area contributed by atoms with Gasteiger partial charge in [0.15, 0.2) is 5.13 Å². The molecule has 1 aromatic heterocycles. The van der Waals surface area contributed by atoms with E-state index in [4.69, 9.17) is 5.11 Å². The van der Waals surface area contributed by atoms with Crippen molar-refractivity contribution in [2.75, 3.05) is 5.32 Å². The van der Waals surface area contributed by atoms with Gasteiger partial charge < -0.3 is 10.4 Å². The van der Waals surface area contributed by atoms with E-state index in [-0.39, 0.29) is 12.1 Å². The molecule has 2 rings (SSSR count). The van der Waals surface area contributed by atoms with Crippen LogP contribution >= 0.6 is 27.3 Å². The Bertz CT molecular complexity index is 673. The van der Waals surface area contributed by atoms with E-state index in [0.29, 0.717) is 15.3 Å². The maximum Gasteiger partial charge on any atom is 0.416 e. The van der Waals surface area contributed by atoms with Gasteiger partial charge in [0.25, 0.3) is 0 Å². The minimum absolute atomic E-state index is 0.209. The van der Waals surface area contributed by atoms with Gasteiger partial charge in [0.05, 0.1) is 23.4 Å². The van der Waals surface area contributed by atoms with Crippen molar-refractivity contribution in [2.45, 2.75) is 12.6 Å². The van der Waals surface area contributed by atoms with Crippen LogP contribution in [-0.4, -0.2) is 16.1 Å². The number of nitrogens with zero attached hydrogens (tertiary/aromatic N) is 1. The fourth-order valence-electron chi connectivity index (χ4n) is 1.51. The second kappa shape index (κ2) is 6.02. The second-order valence-corrected chi connectivity index (χ2v) is 5.74. The summed E-state index contributed by atoms with van der Waals surface area (Å²) >= 11 is 4.28. The average Bonchev–Trinajstić information content (AvgIpc) is 2.77. The molecule has 0 saturated heterocycles. The molecule has 1 heterocycles. The topological polar surface area (TPSA) is 62.2 Å². The first-order valence-electron chi connectivity index (χ1n) is 5.55. The van der Waals surface area contributed by atoms with Crippen molar-refractivity contribution < 1.29 is 23.1 Å². The van der Waals surface area contributed by atoms with E-state index < -0.39 is 17.7 Å². The Labute approximate surface area is 129 Å². The number of anilines is 2. The molecule has 112 valence electrons. The molecule has 4 nitrogen and oxygen atoms in total. The Balaban J connectivity index is 2.22.